The van der Waals surface area contributed by atoms with Gasteiger partial charge in [0.2, 0.25) is 0 Å². The van der Waals surface area contributed by atoms with E-state index in [0.717, 1.165) is 11.3 Å². The fourth-order valence-electron chi connectivity index (χ4n) is 3.39. The maximum Gasteiger partial charge on any atom is 0.266 e. The van der Waals surface area contributed by atoms with Crippen molar-refractivity contribution in [2.75, 3.05) is 10.2 Å². The quantitative estimate of drug-likeness (QED) is 0.500. The smallest absolute Gasteiger partial charge is 0.266 e. The fourth-order valence-corrected chi connectivity index (χ4v) is 3.61. The third kappa shape index (κ3) is 4.09. The molecule has 4 rings (SSSR count). The van der Waals surface area contributed by atoms with Gasteiger partial charge in [-0.25, -0.2) is 4.90 Å². The molecule has 162 valence electrons. The Balaban J connectivity index is 1.53. The Kier molecular flexibility index (Phi) is 5.97. The van der Waals surface area contributed by atoms with Gasteiger partial charge >= 0.3 is 0 Å². The highest BCUT2D eigenvalue weighted by molar-refractivity contribution is 6.37. The van der Waals surface area contributed by atoms with Crippen LogP contribution in [0.15, 0.2) is 66.7 Å². The zero-order valence-corrected chi connectivity index (χ0v) is 18.3. The van der Waals surface area contributed by atoms with Crippen LogP contribution in [0.2, 0.25) is 5.02 Å². The normalized spacial score (nSPS) is 13.7. The predicted octanol–water partition coefficient (Wildman–Crippen LogP) is 5.57. The van der Waals surface area contributed by atoms with Crippen molar-refractivity contribution in [3.05, 3.63) is 88.4 Å². The van der Waals surface area contributed by atoms with Crippen LogP contribution in [0.3, 0.4) is 0 Å². The standard InChI is InChI=1S/C25H21ClN2O4/c1-3-15(2)32-18-8-6-7-16(13-18)23(29)27-22-12-11-17(14-21(22)26)28-24(30)19-9-4-5-10-20(19)25(28)31/h4-15H,3H2,1-2H3,(H,27,29). The van der Waals surface area contributed by atoms with Crippen molar-refractivity contribution >= 4 is 40.7 Å². The number of carbonyl (C=O) groups is 3. The van der Waals surface area contributed by atoms with Gasteiger partial charge in [0, 0.05) is 5.56 Å². The van der Waals surface area contributed by atoms with Gasteiger partial charge in [0.1, 0.15) is 5.75 Å². The molecule has 1 atom stereocenters. The molecular weight excluding hydrogens is 428 g/mol. The number of hydrogen-bond donors (Lipinski definition) is 1. The van der Waals surface area contributed by atoms with Crippen LogP contribution in [-0.2, 0) is 0 Å². The zero-order valence-electron chi connectivity index (χ0n) is 17.6. The molecule has 1 heterocycles. The lowest BCUT2D eigenvalue weighted by Gasteiger charge is -2.16. The van der Waals surface area contributed by atoms with Gasteiger partial charge < -0.3 is 10.1 Å². The van der Waals surface area contributed by atoms with Crippen LogP contribution < -0.4 is 15.0 Å². The number of amides is 3. The lowest BCUT2D eigenvalue weighted by atomic mass is 10.1. The summed E-state index contributed by atoms with van der Waals surface area (Å²) in [5.74, 6) is -0.554. The van der Waals surface area contributed by atoms with Gasteiger partial charge in [-0.15, -0.1) is 0 Å². The van der Waals surface area contributed by atoms with Crippen molar-refractivity contribution in [3.8, 4) is 5.75 Å². The first-order valence-electron chi connectivity index (χ1n) is 10.2. The SMILES string of the molecule is CCC(C)Oc1cccc(C(=O)Nc2ccc(N3C(=O)c4ccccc4C3=O)cc2Cl)c1. The van der Waals surface area contributed by atoms with Gasteiger partial charge in [0.25, 0.3) is 17.7 Å². The number of carbonyl (C=O) groups excluding carboxylic acids is 3. The van der Waals surface area contributed by atoms with Gasteiger partial charge in [-0.2, -0.15) is 0 Å². The first-order valence-corrected chi connectivity index (χ1v) is 10.6. The Morgan fingerprint density at radius 2 is 1.69 bits per heavy atom. The summed E-state index contributed by atoms with van der Waals surface area (Å²) in [5.41, 5.74) is 1.83. The molecule has 0 bridgehead atoms. The zero-order chi connectivity index (χ0) is 22.8. The van der Waals surface area contributed by atoms with E-state index in [0.29, 0.717) is 33.8 Å². The van der Waals surface area contributed by atoms with E-state index >= 15 is 0 Å². The Morgan fingerprint density at radius 1 is 1.00 bits per heavy atom. The molecule has 7 heteroatoms. The average Bonchev–Trinajstić information content (AvgIpc) is 3.05. The van der Waals surface area contributed by atoms with E-state index in [1.165, 1.54) is 6.07 Å². The number of ether oxygens (including phenoxy) is 1. The number of rotatable bonds is 6. The Hall–Kier alpha value is -3.64. The van der Waals surface area contributed by atoms with E-state index in [2.05, 4.69) is 5.32 Å². The Labute approximate surface area is 190 Å². The molecule has 32 heavy (non-hydrogen) atoms. The molecular formula is C25H21ClN2O4. The van der Waals surface area contributed by atoms with E-state index in [9.17, 15) is 14.4 Å². The summed E-state index contributed by atoms with van der Waals surface area (Å²) in [5, 5.41) is 2.97. The van der Waals surface area contributed by atoms with Crippen LogP contribution >= 0.6 is 11.6 Å². The van der Waals surface area contributed by atoms with Crippen LogP contribution in [-0.4, -0.2) is 23.8 Å². The predicted molar refractivity (Wildman–Crippen MR) is 124 cm³/mol. The van der Waals surface area contributed by atoms with Gasteiger partial charge in [-0.3, -0.25) is 14.4 Å². The maximum atomic E-state index is 12.7. The van der Waals surface area contributed by atoms with E-state index < -0.39 is 11.8 Å². The molecule has 0 fully saturated rings. The molecule has 1 aliphatic heterocycles. The Morgan fingerprint density at radius 3 is 2.31 bits per heavy atom. The topological polar surface area (TPSA) is 75.7 Å². The minimum Gasteiger partial charge on any atom is -0.491 e. The van der Waals surface area contributed by atoms with Gasteiger partial charge in [-0.05, 0) is 61.9 Å². The third-order valence-corrected chi connectivity index (χ3v) is 5.57. The van der Waals surface area contributed by atoms with Crippen molar-refractivity contribution in [3.63, 3.8) is 0 Å². The number of nitrogens with zero attached hydrogens (tertiary/aromatic N) is 1. The fraction of sp³-hybridized carbons (Fsp3) is 0.160. The molecule has 0 spiro atoms. The number of benzene rings is 3. The van der Waals surface area contributed by atoms with Crippen LogP contribution in [0.5, 0.6) is 5.75 Å². The number of nitrogens with one attached hydrogen (secondary N) is 1. The molecule has 0 saturated carbocycles. The summed E-state index contributed by atoms with van der Waals surface area (Å²) in [4.78, 5) is 39.2. The van der Waals surface area contributed by atoms with E-state index in [4.69, 9.17) is 16.3 Å². The van der Waals surface area contributed by atoms with Crippen molar-refractivity contribution in [1.82, 2.24) is 0 Å². The summed E-state index contributed by atoms with van der Waals surface area (Å²) in [6.07, 6.45) is 0.892. The van der Waals surface area contributed by atoms with Gasteiger partial charge in [0.05, 0.1) is 33.6 Å². The number of anilines is 2. The second-order valence-corrected chi connectivity index (χ2v) is 7.88. The number of hydrogen-bond acceptors (Lipinski definition) is 4. The highest BCUT2D eigenvalue weighted by Gasteiger charge is 2.36. The number of halogens is 1. The molecule has 0 aliphatic carbocycles. The minimum absolute atomic E-state index is 0.0393. The second-order valence-electron chi connectivity index (χ2n) is 7.47. The lowest BCUT2D eigenvalue weighted by Crippen LogP contribution is -2.29. The lowest BCUT2D eigenvalue weighted by molar-refractivity contribution is 0.0924. The first-order chi connectivity index (χ1) is 15.4. The van der Waals surface area contributed by atoms with Gasteiger partial charge in [0.15, 0.2) is 0 Å². The molecule has 1 unspecified atom stereocenters. The third-order valence-electron chi connectivity index (χ3n) is 5.26. The van der Waals surface area contributed by atoms with Crippen LogP contribution in [0.25, 0.3) is 0 Å². The van der Waals surface area contributed by atoms with Crippen LogP contribution in [0.1, 0.15) is 51.3 Å². The maximum absolute atomic E-state index is 12.7. The molecule has 0 saturated heterocycles. The first kappa shape index (κ1) is 21.6. The van der Waals surface area contributed by atoms with E-state index in [1.54, 1.807) is 60.7 Å². The van der Waals surface area contributed by atoms with Crippen LogP contribution in [0.4, 0.5) is 11.4 Å². The molecule has 1 N–H and O–H groups in total. The second kappa shape index (κ2) is 8.85. The molecule has 0 aromatic heterocycles. The summed E-state index contributed by atoms with van der Waals surface area (Å²) in [6, 6.07) is 18.2. The monoisotopic (exact) mass is 448 g/mol. The Bertz CT molecular complexity index is 1190. The van der Waals surface area contributed by atoms with Crippen molar-refractivity contribution in [2.45, 2.75) is 26.4 Å². The average molecular weight is 449 g/mol. The van der Waals surface area contributed by atoms with Crippen molar-refractivity contribution in [1.29, 1.82) is 0 Å². The highest BCUT2D eigenvalue weighted by atomic mass is 35.5. The van der Waals surface area contributed by atoms with Crippen LogP contribution in [0, 0.1) is 0 Å². The summed E-state index contributed by atoms with van der Waals surface area (Å²) in [7, 11) is 0. The van der Waals surface area contributed by atoms with E-state index in [-0.39, 0.29) is 17.0 Å². The molecule has 3 amide bonds. The molecule has 0 radical (unpaired) electrons. The highest BCUT2D eigenvalue weighted by Crippen LogP contribution is 2.33. The summed E-state index contributed by atoms with van der Waals surface area (Å²) >= 11 is 6.38. The van der Waals surface area contributed by atoms with Crippen molar-refractivity contribution < 1.29 is 19.1 Å². The van der Waals surface area contributed by atoms with Gasteiger partial charge in [-0.1, -0.05) is 36.7 Å². The number of imide groups is 1. The summed E-state index contributed by atoms with van der Waals surface area (Å²) < 4.78 is 5.77. The molecule has 6 nitrogen and oxygen atoms in total. The molecule has 3 aromatic carbocycles. The molecule has 3 aromatic rings. The van der Waals surface area contributed by atoms with Crippen molar-refractivity contribution in [2.24, 2.45) is 0 Å². The largest absolute Gasteiger partial charge is 0.491 e. The number of fused-ring (bicyclic) bond motifs is 1. The summed E-state index contributed by atoms with van der Waals surface area (Å²) in [6.45, 7) is 3.98. The minimum atomic E-state index is -0.406. The van der Waals surface area contributed by atoms with E-state index in [1.807, 2.05) is 13.8 Å². The molecule has 1 aliphatic rings.